The lowest BCUT2D eigenvalue weighted by Crippen LogP contribution is -2.38. The van der Waals surface area contributed by atoms with Crippen molar-refractivity contribution >= 4 is 11.8 Å². The quantitative estimate of drug-likeness (QED) is 0.550. The fraction of sp³-hybridized carbons (Fsp3) is 0.346. The molecular formula is C26H30N4O2. The first-order chi connectivity index (χ1) is 15.6. The number of carbonyl (C=O) groups is 2. The van der Waals surface area contributed by atoms with Crippen LogP contribution < -0.4 is 10.6 Å². The molecule has 2 N–H and O–H groups in total. The van der Waals surface area contributed by atoms with Gasteiger partial charge in [0.15, 0.2) is 0 Å². The van der Waals surface area contributed by atoms with Crippen molar-refractivity contribution in [3.63, 3.8) is 0 Å². The van der Waals surface area contributed by atoms with Crippen molar-refractivity contribution in [3.8, 4) is 16.9 Å². The largest absolute Gasteiger partial charge is 0.354 e. The average molecular weight is 431 g/mol. The minimum atomic E-state index is -0.197. The summed E-state index contributed by atoms with van der Waals surface area (Å²) in [4.78, 5) is 25.4. The average Bonchev–Trinajstić information content (AvgIpc) is 3.28. The van der Waals surface area contributed by atoms with Crippen LogP contribution >= 0.6 is 0 Å². The van der Waals surface area contributed by atoms with Crippen LogP contribution in [0.2, 0.25) is 0 Å². The summed E-state index contributed by atoms with van der Waals surface area (Å²) in [5.41, 5.74) is 4.04. The third kappa shape index (κ3) is 5.07. The number of aromatic nitrogens is 2. The molecule has 1 fully saturated rings. The van der Waals surface area contributed by atoms with Gasteiger partial charge in [0.2, 0.25) is 5.91 Å². The van der Waals surface area contributed by atoms with Gasteiger partial charge in [-0.1, -0.05) is 61.7 Å². The van der Waals surface area contributed by atoms with Gasteiger partial charge in [-0.3, -0.25) is 9.59 Å². The Bertz CT molecular complexity index is 1070. The third-order valence-corrected chi connectivity index (χ3v) is 6.07. The monoisotopic (exact) mass is 430 g/mol. The molecule has 1 aliphatic rings. The van der Waals surface area contributed by atoms with Gasteiger partial charge in [-0.25, -0.2) is 4.68 Å². The molecule has 6 nitrogen and oxygen atoms in total. The molecule has 0 radical (unpaired) electrons. The highest BCUT2D eigenvalue weighted by Gasteiger charge is 2.21. The van der Waals surface area contributed by atoms with Crippen molar-refractivity contribution in [3.05, 3.63) is 71.9 Å². The van der Waals surface area contributed by atoms with Crippen molar-refractivity contribution in [2.24, 2.45) is 5.92 Å². The number of nitrogens with one attached hydrogen (secondary N) is 2. The summed E-state index contributed by atoms with van der Waals surface area (Å²) in [5, 5.41) is 10.7. The number of benzene rings is 2. The molecule has 1 aliphatic carbocycles. The maximum atomic E-state index is 13.1. The summed E-state index contributed by atoms with van der Waals surface area (Å²) in [6.07, 6.45) is 7.18. The Hall–Kier alpha value is -3.41. The van der Waals surface area contributed by atoms with E-state index in [0.29, 0.717) is 24.3 Å². The van der Waals surface area contributed by atoms with Gasteiger partial charge in [0.05, 0.1) is 11.3 Å². The maximum Gasteiger partial charge on any atom is 0.255 e. The van der Waals surface area contributed by atoms with E-state index in [1.807, 2.05) is 61.5 Å². The van der Waals surface area contributed by atoms with Gasteiger partial charge in [-0.05, 0) is 37.5 Å². The number of hydrogen-bond acceptors (Lipinski definition) is 3. The van der Waals surface area contributed by atoms with Crippen LogP contribution in [0, 0.1) is 12.8 Å². The van der Waals surface area contributed by atoms with Crippen LogP contribution in [0.1, 0.15) is 48.0 Å². The molecule has 0 bridgehead atoms. The van der Waals surface area contributed by atoms with Crippen LogP contribution in [0.15, 0.2) is 60.8 Å². The minimum absolute atomic E-state index is 0.108. The zero-order chi connectivity index (χ0) is 22.3. The second-order valence-corrected chi connectivity index (χ2v) is 8.37. The summed E-state index contributed by atoms with van der Waals surface area (Å²) < 4.78 is 1.74. The zero-order valence-corrected chi connectivity index (χ0v) is 18.5. The van der Waals surface area contributed by atoms with E-state index in [2.05, 4.69) is 10.6 Å². The molecule has 0 saturated heterocycles. The Kier molecular flexibility index (Phi) is 7.00. The molecule has 0 atom stereocenters. The summed E-state index contributed by atoms with van der Waals surface area (Å²) in [7, 11) is 0. The second kappa shape index (κ2) is 10.3. The van der Waals surface area contributed by atoms with E-state index < -0.39 is 0 Å². The number of carbonyl (C=O) groups excluding carboxylic acids is 2. The minimum Gasteiger partial charge on any atom is -0.354 e. The predicted molar refractivity (Wildman–Crippen MR) is 126 cm³/mol. The molecule has 4 rings (SSSR count). The lowest BCUT2D eigenvalue weighted by molar-refractivity contribution is -0.125. The first kappa shape index (κ1) is 21.8. The molecule has 2 aromatic carbocycles. The molecular weight excluding hydrogens is 400 g/mol. The highest BCUT2D eigenvalue weighted by atomic mass is 16.2. The topological polar surface area (TPSA) is 76.0 Å². The lowest BCUT2D eigenvalue weighted by Gasteiger charge is -2.20. The third-order valence-electron chi connectivity index (χ3n) is 6.07. The Labute approximate surface area is 189 Å². The molecule has 6 heteroatoms. The Morgan fingerprint density at radius 3 is 2.38 bits per heavy atom. The van der Waals surface area contributed by atoms with E-state index in [4.69, 9.17) is 5.10 Å². The lowest BCUT2D eigenvalue weighted by atomic mass is 9.89. The van der Waals surface area contributed by atoms with E-state index in [0.717, 1.165) is 42.5 Å². The van der Waals surface area contributed by atoms with Crippen molar-refractivity contribution in [2.75, 3.05) is 13.1 Å². The molecule has 2 amide bonds. The first-order valence-electron chi connectivity index (χ1n) is 11.4. The van der Waals surface area contributed by atoms with Crippen LogP contribution in [0.5, 0.6) is 0 Å². The number of amides is 2. The SMILES string of the molecule is Cc1ccccc1-c1nn(-c2ccccc2)cc1C(=O)NCCNC(=O)C1CCCCC1. The Morgan fingerprint density at radius 2 is 1.62 bits per heavy atom. The molecule has 1 aromatic heterocycles. The smallest absolute Gasteiger partial charge is 0.255 e. The molecule has 3 aromatic rings. The number of rotatable bonds is 7. The highest BCUT2D eigenvalue weighted by Crippen LogP contribution is 2.27. The molecule has 0 aliphatic heterocycles. The first-order valence-corrected chi connectivity index (χ1v) is 11.4. The molecule has 0 spiro atoms. The molecule has 1 saturated carbocycles. The molecule has 1 heterocycles. The van der Waals surface area contributed by atoms with Gasteiger partial charge in [-0.2, -0.15) is 5.10 Å². The van der Waals surface area contributed by atoms with Crippen molar-refractivity contribution < 1.29 is 9.59 Å². The number of aryl methyl sites for hydroxylation is 1. The summed E-state index contributed by atoms with van der Waals surface area (Å²) in [5.74, 6) is 0.0324. The van der Waals surface area contributed by atoms with Crippen LogP contribution in [0.4, 0.5) is 0 Å². The van der Waals surface area contributed by atoms with Gasteiger partial charge >= 0.3 is 0 Å². The normalized spacial score (nSPS) is 14.2. The van der Waals surface area contributed by atoms with Gasteiger partial charge in [0.1, 0.15) is 5.69 Å². The summed E-state index contributed by atoms with van der Waals surface area (Å²) in [6.45, 7) is 2.81. The number of nitrogens with zero attached hydrogens (tertiary/aromatic N) is 2. The highest BCUT2D eigenvalue weighted by molar-refractivity contribution is 6.00. The zero-order valence-electron chi connectivity index (χ0n) is 18.5. The van der Waals surface area contributed by atoms with Crippen molar-refractivity contribution in [1.29, 1.82) is 0 Å². The molecule has 32 heavy (non-hydrogen) atoms. The van der Waals surface area contributed by atoms with Crippen molar-refractivity contribution in [2.45, 2.75) is 39.0 Å². The van der Waals surface area contributed by atoms with E-state index in [1.54, 1.807) is 10.9 Å². The summed E-state index contributed by atoms with van der Waals surface area (Å²) >= 11 is 0. The Balaban J connectivity index is 1.46. The van der Waals surface area contributed by atoms with Crippen LogP contribution in [-0.2, 0) is 4.79 Å². The Morgan fingerprint density at radius 1 is 0.938 bits per heavy atom. The van der Waals surface area contributed by atoms with E-state index >= 15 is 0 Å². The van der Waals surface area contributed by atoms with Crippen molar-refractivity contribution in [1.82, 2.24) is 20.4 Å². The van der Waals surface area contributed by atoms with Gasteiger partial charge < -0.3 is 10.6 Å². The van der Waals surface area contributed by atoms with E-state index in [-0.39, 0.29) is 17.7 Å². The van der Waals surface area contributed by atoms with Crippen LogP contribution in [-0.4, -0.2) is 34.7 Å². The van der Waals surface area contributed by atoms with Gasteiger partial charge in [0, 0.05) is 30.8 Å². The maximum absolute atomic E-state index is 13.1. The van der Waals surface area contributed by atoms with Gasteiger partial charge in [-0.15, -0.1) is 0 Å². The molecule has 166 valence electrons. The number of para-hydroxylation sites is 1. The number of hydrogen-bond donors (Lipinski definition) is 2. The van der Waals surface area contributed by atoms with E-state index in [1.165, 1.54) is 6.42 Å². The molecule has 0 unspecified atom stereocenters. The van der Waals surface area contributed by atoms with Crippen LogP contribution in [0.25, 0.3) is 16.9 Å². The van der Waals surface area contributed by atoms with E-state index in [9.17, 15) is 9.59 Å². The van der Waals surface area contributed by atoms with Gasteiger partial charge in [0.25, 0.3) is 5.91 Å². The predicted octanol–water partition coefficient (Wildman–Crippen LogP) is 4.27. The summed E-state index contributed by atoms with van der Waals surface area (Å²) in [6, 6.07) is 17.7. The standard InChI is InChI=1S/C26H30N4O2/c1-19-10-8-9-15-22(19)24-23(18-30(29-24)21-13-6-3-7-14-21)26(32)28-17-16-27-25(31)20-11-4-2-5-12-20/h3,6-10,13-15,18,20H,2,4-5,11-12,16-17H2,1H3,(H,27,31)(H,28,32). The fourth-order valence-corrected chi connectivity index (χ4v) is 4.26. The van der Waals surface area contributed by atoms with Crippen LogP contribution in [0.3, 0.4) is 0 Å². The second-order valence-electron chi connectivity index (χ2n) is 8.37. The fourth-order valence-electron chi connectivity index (χ4n) is 4.26.